The van der Waals surface area contributed by atoms with E-state index in [1.807, 2.05) is 12.1 Å². The molecule has 1 aromatic carbocycles. The first kappa shape index (κ1) is 15.0. The van der Waals surface area contributed by atoms with E-state index < -0.39 is 5.97 Å². The molecule has 0 aromatic heterocycles. The number of hydrogen-bond donors (Lipinski definition) is 2. The zero-order valence-corrected chi connectivity index (χ0v) is 13.5. The topological polar surface area (TPSA) is 58.6 Å². The SMILES string of the molecule is O=C(O)CC(c1cccc(OC2CC3(CCNC3)C2)c1)C1CC1. The van der Waals surface area contributed by atoms with Crippen LogP contribution in [0.4, 0.5) is 0 Å². The summed E-state index contributed by atoms with van der Waals surface area (Å²) < 4.78 is 6.16. The van der Waals surface area contributed by atoms with Gasteiger partial charge in [-0.1, -0.05) is 12.1 Å². The molecule has 3 fully saturated rings. The lowest BCUT2D eigenvalue weighted by atomic mass is 9.66. The van der Waals surface area contributed by atoms with E-state index in [4.69, 9.17) is 9.84 Å². The van der Waals surface area contributed by atoms with Crippen LogP contribution in [0.5, 0.6) is 5.75 Å². The monoisotopic (exact) mass is 315 g/mol. The summed E-state index contributed by atoms with van der Waals surface area (Å²) in [5, 5.41) is 12.6. The second kappa shape index (κ2) is 5.82. The van der Waals surface area contributed by atoms with Crippen molar-refractivity contribution in [2.45, 2.75) is 50.5 Å². The third kappa shape index (κ3) is 3.23. The molecule has 2 N–H and O–H groups in total. The zero-order valence-electron chi connectivity index (χ0n) is 13.5. The summed E-state index contributed by atoms with van der Waals surface area (Å²) in [5.41, 5.74) is 1.62. The minimum atomic E-state index is -0.706. The lowest BCUT2D eigenvalue weighted by Gasteiger charge is -2.44. The maximum Gasteiger partial charge on any atom is 0.303 e. The van der Waals surface area contributed by atoms with E-state index in [1.54, 1.807) is 0 Å². The zero-order chi connectivity index (χ0) is 15.9. The Bertz CT molecular complexity index is 582. The molecule has 0 radical (unpaired) electrons. The quantitative estimate of drug-likeness (QED) is 0.846. The summed E-state index contributed by atoms with van der Waals surface area (Å²) in [6.07, 6.45) is 6.42. The molecule has 1 atom stereocenters. The first-order valence-corrected chi connectivity index (χ1v) is 8.83. The van der Waals surface area contributed by atoms with Crippen molar-refractivity contribution in [3.05, 3.63) is 29.8 Å². The van der Waals surface area contributed by atoms with Crippen LogP contribution < -0.4 is 10.1 Å². The smallest absolute Gasteiger partial charge is 0.303 e. The highest BCUT2D eigenvalue weighted by Gasteiger charge is 2.47. The molecule has 0 amide bonds. The summed E-state index contributed by atoms with van der Waals surface area (Å²) in [7, 11) is 0. The van der Waals surface area contributed by atoms with Gasteiger partial charge in [0.2, 0.25) is 0 Å². The maximum atomic E-state index is 11.1. The van der Waals surface area contributed by atoms with Crippen LogP contribution in [-0.4, -0.2) is 30.3 Å². The summed E-state index contributed by atoms with van der Waals surface area (Å²) in [4.78, 5) is 11.1. The van der Waals surface area contributed by atoms with Gasteiger partial charge in [-0.2, -0.15) is 0 Å². The molecular formula is C19H25NO3. The normalized spacial score (nSPS) is 30.9. The Morgan fingerprint density at radius 2 is 2.22 bits per heavy atom. The predicted octanol–water partition coefficient (Wildman–Crippen LogP) is 3.18. The second-order valence-corrected chi connectivity index (χ2v) is 7.69. The molecule has 1 aliphatic heterocycles. The van der Waals surface area contributed by atoms with Crippen molar-refractivity contribution in [1.29, 1.82) is 0 Å². The molecule has 0 bridgehead atoms. The second-order valence-electron chi connectivity index (χ2n) is 7.69. The number of aliphatic carboxylic acids is 1. The number of carboxylic acid groups (broad SMARTS) is 1. The largest absolute Gasteiger partial charge is 0.490 e. The molecule has 4 nitrogen and oxygen atoms in total. The van der Waals surface area contributed by atoms with Crippen molar-refractivity contribution < 1.29 is 14.6 Å². The molecule has 1 saturated heterocycles. The average molecular weight is 315 g/mol. The summed E-state index contributed by atoms with van der Waals surface area (Å²) >= 11 is 0. The van der Waals surface area contributed by atoms with Crippen LogP contribution in [0.3, 0.4) is 0 Å². The van der Waals surface area contributed by atoms with E-state index in [0.29, 0.717) is 17.4 Å². The molecule has 1 unspecified atom stereocenters. The molecule has 2 saturated carbocycles. The number of rotatable bonds is 6. The Morgan fingerprint density at radius 1 is 1.39 bits per heavy atom. The third-order valence-corrected chi connectivity index (χ3v) is 5.83. The van der Waals surface area contributed by atoms with E-state index in [1.165, 1.54) is 6.42 Å². The molecule has 1 spiro atoms. The molecule has 23 heavy (non-hydrogen) atoms. The van der Waals surface area contributed by atoms with Crippen LogP contribution >= 0.6 is 0 Å². The van der Waals surface area contributed by atoms with Gasteiger partial charge in [0, 0.05) is 6.54 Å². The van der Waals surface area contributed by atoms with E-state index in [-0.39, 0.29) is 12.3 Å². The van der Waals surface area contributed by atoms with Gasteiger partial charge in [-0.3, -0.25) is 4.79 Å². The van der Waals surface area contributed by atoms with Crippen LogP contribution in [0.25, 0.3) is 0 Å². The average Bonchev–Trinajstić information content (AvgIpc) is 3.22. The molecule has 4 rings (SSSR count). The van der Waals surface area contributed by atoms with E-state index in [0.717, 1.165) is 50.1 Å². The summed E-state index contributed by atoms with van der Waals surface area (Å²) in [6, 6.07) is 8.14. The van der Waals surface area contributed by atoms with Crippen LogP contribution in [0.1, 0.15) is 50.0 Å². The molecule has 2 aliphatic carbocycles. The van der Waals surface area contributed by atoms with E-state index in [9.17, 15) is 4.79 Å². The number of carbonyl (C=O) groups is 1. The Balaban J connectivity index is 1.41. The molecule has 124 valence electrons. The summed E-state index contributed by atoms with van der Waals surface area (Å²) in [5.74, 6) is 0.882. The molecular weight excluding hydrogens is 290 g/mol. The van der Waals surface area contributed by atoms with Gasteiger partial charge in [-0.25, -0.2) is 0 Å². The van der Waals surface area contributed by atoms with Crippen molar-refractivity contribution in [3.8, 4) is 5.75 Å². The Labute approximate surface area is 137 Å². The Hall–Kier alpha value is -1.55. The van der Waals surface area contributed by atoms with Gasteiger partial charge in [-0.05, 0) is 73.6 Å². The van der Waals surface area contributed by atoms with Gasteiger partial charge in [0.05, 0.1) is 12.5 Å². The van der Waals surface area contributed by atoms with Gasteiger partial charge in [-0.15, -0.1) is 0 Å². The van der Waals surface area contributed by atoms with Crippen molar-refractivity contribution in [1.82, 2.24) is 5.32 Å². The van der Waals surface area contributed by atoms with E-state index >= 15 is 0 Å². The lowest BCUT2D eigenvalue weighted by molar-refractivity contribution is -0.137. The third-order valence-electron chi connectivity index (χ3n) is 5.83. The van der Waals surface area contributed by atoms with Gasteiger partial charge < -0.3 is 15.2 Å². The van der Waals surface area contributed by atoms with Crippen molar-refractivity contribution in [3.63, 3.8) is 0 Å². The van der Waals surface area contributed by atoms with Gasteiger partial charge >= 0.3 is 5.97 Å². The molecule has 4 heteroatoms. The standard InChI is InChI=1S/C19H25NO3/c21-18(22)9-17(13-4-5-13)14-2-1-3-15(8-14)23-16-10-19(11-16)6-7-20-12-19/h1-3,8,13,16-17,20H,4-7,9-12H2,(H,21,22). The Kier molecular flexibility index (Phi) is 3.80. The maximum absolute atomic E-state index is 11.1. The highest BCUT2D eigenvalue weighted by atomic mass is 16.5. The highest BCUT2D eigenvalue weighted by Crippen LogP contribution is 2.48. The van der Waals surface area contributed by atoms with Crippen LogP contribution in [0, 0.1) is 11.3 Å². The first-order chi connectivity index (χ1) is 11.1. The number of ether oxygens (including phenoxy) is 1. The van der Waals surface area contributed by atoms with Gasteiger partial charge in [0.1, 0.15) is 5.75 Å². The van der Waals surface area contributed by atoms with Crippen molar-refractivity contribution in [2.75, 3.05) is 13.1 Å². The number of benzene rings is 1. The fourth-order valence-corrected chi connectivity index (χ4v) is 4.39. The van der Waals surface area contributed by atoms with Crippen LogP contribution in [-0.2, 0) is 4.79 Å². The molecule has 1 heterocycles. The highest BCUT2D eigenvalue weighted by molar-refractivity contribution is 5.68. The summed E-state index contributed by atoms with van der Waals surface area (Å²) in [6.45, 7) is 2.27. The Morgan fingerprint density at radius 3 is 2.87 bits per heavy atom. The fraction of sp³-hybridized carbons (Fsp3) is 0.632. The lowest BCUT2D eigenvalue weighted by Crippen LogP contribution is -2.45. The number of hydrogen-bond acceptors (Lipinski definition) is 3. The van der Waals surface area contributed by atoms with Crippen LogP contribution in [0.15, 0.2) is 24.3 Å². The van der Waals surface area contributed by atoms with E-state index in [2.05, 4.69) is 17.4 Å². The minimum absolute atomic E-state index is 0.141. The van der Waals surface area contributed by atoms with Gasteiger partial charge in [0.25, 0.3) is 0 Å². The van der Waals surface area contributed by atoms with Gasteiger partial charge in [0.15, 0.2) is 0 Å². The minimum Gasteiger partial charge on any atom is -0.490 e. The first-order valence-electron chi connectivity index (χ1n) is 8.83. The molecule has 3 aliphatic rings. The van der Waals surface area contributed by atoms with Crippen LogP contribution in [0.2, 0.25) is 0 Å². The predicted molar refractivity (Wildman–Crippen MR) is 87.7 cm³/mol. The van der Waals surface area contributed by atoms with Crippen molar-refractivity contribution >= 4 is 5.97 Å². The van der Waals surface area contributed by atoms with Crippen molar-refractivity contribution in [2.24, 2.45) is 11.3 Å². The molecule has 1 aromatic rings. The fourth-order valence-electron chi connectivity index (χ4n) is 4.39. The number of carboxylic acids is 1. The number of nitrogens with one attached hydrogen (secondary N) is 1.